The van der Waals surface area contributed by atoms with Crippen LogP contribution in [0.4, 0.5) is 5.82 Å². The summed E-state index contributed by atoms with van der Waals surface area (Å²) in [5, 5.41) is 8.81. The zero-order chi connectivity index (χ0) is 15.0. The molecule has 4 nitrogen and oxygen atoms in total. The highest BCUT2D eigenvalue weighted by Gasteiger charge is 2.35. The highest BCUT2D eigenvalue weighted by molar-refractivity contribution is 7.80. The molecule has 2 unspecified atom stereocenters. The maximum Gasteiger partial charge on any atom is 0.162 e. The van der Waals surface area contributed by atoms with Gasteiger partial charge in [-0.25, -0.2) is 0 Å². The van der Waals surface area contributed by atoms with E-state index >= 15 is 0 Å². The summed E-state index contributed by atoms with van der Waals surface area (Å²) in [7, 11) is 0. The number of thiocarbonyl (C=S) groups is 1. The molecule has 1 aromatic heterocycles. The Morgan fingerprint density at radius 2 is 1.86 bits per heavy atom. The van der Waals surface area contributed by atoms with Gasteiger partial charge in [0, 0.05) is 12.6 Å². The molecule has 2 N–H and O–H groups in total. The van der Waals surface area contributed by atoms with E-state index < -0.39 is 0 Å². The molecule has 2 atom stereocenters. The van der Waals surface area contributed by atoms with E-state index in [1.807, 2.05) is 13.8 Å². The summed E-state index contributed by atoms with van der Waals surface area (Å²) in [6.45, 7) is 5.06. The van der Waals surface area contributed by atoms with Gasteiger partial charge in [0.2, 0.25) is 0 Å². The summed E-state index contributed by atoms with van der Waals surface area (Å²) in [5.41, 5.74) is 8.92. The van der Waals surface area contributed by atoms with Crippen LogP contribution in [-0.4, -0.2) is 27.8 Å². The standard InChI is InChI=1S/C16H24N4S/c1-10-11(2)18-19-16(14(10)15(17)21)20-9-5-7-12-6-3-4-8-13(12)20/h12-13H,3-9H2,1-2H3,(H2,17,21). The number of rotatable bonds is 2. The molecule has 0 amide bonds. The zero-order valence-corrected chi connectivity index (χ0v) is 13.7. The molecule has 2 aliphatic rings. The number of aromatic nitrogens is 2. The molecule has 1 aliphatic carbocycles. The monoisotopic (exact) mass is 304 g/mol. The van der Waals surface area contributed by atoms with Crippen LogP contribution in [0.3, 0.4) is 0 Å². The molecule has 2 fully saturated rings. The van der Waals surface area contributed by atoms with E-state index in [4.69, 9.17) is 18.0 Å². The molecule has 21 heavy (non-hydrogen) atoms. The first kappa shape index (κ1) is 14.7. The molecule has 1 saturated heterocycles. The molecule has 114 valence electrons. The van der Waals surface area contributed by atoms with Crippen LogP contribution in [0.2, 0.25) is 0 Å². The summed E-state index contributed by atoms with van der Waals surface area (Å²) >= 11 is 5.30. The fourth-order valence-electron chi connectivity index (χ4n) is 3.98. The fraction of sp³-hybridized carbons (Fsp3) is 0.688. The largest absolute Gasteiger partial charge is 0.389 e. The van der Waals surface area contributed by atoms with Crippen LogP contribution < -0.4 is 10.6 Å². The van der Waals surface area contributed by atoms with Gasteiger partial charge in [-0.2, -0.15) is 5.10 Å². The van der Waals surface area contributed by atoms with E-state index in [1.54, 1.807) is 0 Å². The Hall–Kier alpha value is -1.23. The number of nitrogens with two attached hydrogens (primary N) is 1. The van der Waals surface area contributed by atoms with E-state index in [0.29, 0.717) is 11.0 Å². The van der Waals surface area contributed by atoms with Gasteiger partial charge < -0.3 is 10.6 Å². The molecule has 3 rings (SSSR count). The SMILES string of the molecule is Cc1nnc(N2CCCC3CCCCC32)c(C(N)=S)c1C. The zero-order valence-electron chi connectivity index (χ0n) is 12.9. The van der Waals surface area contributed by atoms with Crippen LogP contribution in [0, 0.1) is 19.8 Å². The molecule has 1 aliphatic heterocycles. The lowest BCUT2D eigenvalue weighted by atomic mass is 9.78. The van der Waals surface area contributed by atoms with Gasteiger partial charge in [-0.15, -0.1) is 5.10 Å². The minimum Gasteiger partial charge on any atom is -0.389 e. The predicted octanol–water partition coefficient (Wildman–Crippen LogP) is 2.89. The Morgan fingerprint density at radius 3 is 2.62 bits per heavy atom. The molecule has 5 heteroatoms. The van der Waals surface area contributed by atoms with Crippen molar-refractivity contribution >= 4 is 23.0 Å². The molecule has 1 aromatic rings. The van der Waals surface area contributed by atoms with Crippen molar-refractivity contribution in [3.8, 4) is 0 Å². The third-order valence-electron chi connectivity index (χ3n) is 5.20. The topological polar surface area (TPSA) is 55.0 Å². The molecule has 0 spiro atoms. The maximum absolute atomic E-state index is 6.00. The van der Waals surface area contributed by atoms with E-state index in [0.717, 1.165) is 35.1 Å². The van der Waals surface area contributed by atoms with Crippen LogP contribution in [-0.2, 0) is 0 Å². The number of hydrogen-bond acceptors (Lipinski definition) is 4. The lowest BCUT2D eigenvalue weighted by Gasteiger charge is -2.45. The Kier molecular flexibility index (Phi) is 4.11. The lowest BCUT2D eigenvalue weighted by Crippen LogP contribution is -2.48. The molecule has 0 bridgehead atoms. The summed E-state index contributed by atoms with van der Waals surface area (Å²) in [6, 6.07) is 0.594. The van der Waals surface area contributed by atoms with Crippen LogP contribution in [0.15, 0.2) is 0 Å². The van der Waals surface area contributed by atoms with Crippen molar-refractivity contribution in [2.45, 2.75) is 58.4 Å². The third kappa shape index (κ3) is 2.63. The van der Waals surface area contributed by atoms with Crippen LogP contribution >= 0.6 is 12.2 Å². The predicted molar refractivity (Wildman–Crippen MR) is 89.7 cm³/mol. The lowest BCUT2D eigenvalue weighted by molar-refractivity contribution is 0.242. The van der Waals surface area contributed by atoms with Crippen LogP contribution in [0.5, 0.6) is 0 Å². The molecular weight excluding hydrogens is 280 g/mol. The number of hydrogen-bond donors (Lipinski definition) is 1. The normalized spacial score (nSPS) is 25.5. The molecule has 1 saturated carbocycles. The van der Waals surface area contributed by atoms with Crippen LogP contribution in [0.1, 0.15) is 55.3 Å². The van der Waals surface area contributed by atoms with Gasteiger partial charge >= 0.3 is 0 Å². The van der Waals surface area contributed by atoms with E-state index in [2.05, 4.69) is 15.1 Å². The summed E-state index contributed by atoms with van der Waals surface area (Å²) in [6.07, 6.45) is 7.88. The minimum absolute atomic E-state index is 0.443. The smallest absolute Gasteiger partial charge is 0.162 e. The minimum atomic E-state index is 0.443. The van der Waals surface area contributed by atoms with Gasteiger partial charge in [-0.05, 0) is 51.0 Å². The Labute approximate surface area is 132 Å². The highest BCUT2D eigenvalue weighted by atomic mass is 32.1. The van der Waals surface area contributed by atoms with Crippen LogP contribution in [0.25, 0.3) is 0 Å². The number of anilines is 1. The van der Waals surface area contributed by atoms with Gasteiger partial charge in [-0.1, -0.05) is 25.1 Å². The van der Waals surface area contributed by atoms with Crippen molar-refractivity contribution in [3.63, 3.8) is 0 Å². The van der Waals surface area contributed by atoms with Crippen molar-refractivity contribution in [3.05, 3.63) is 16.8 Å². The Morgan fingerprint density at radius 1 is 1.14 bits per heavy atom. The summed E-state index contributed by atoms with van der Waals surface area (Å²) < 4.78 is 0. The maximum atomic E-state index is 6.00. The Balaban J connectivity index is 2.02. The first-order valence-electron chi connectivity index (χ1n) is 8.00. The summed E-state index contributed by atoms with van der Waals surface area (Å²) in [5.74, 6) is 1.72. The molecular formula is C16H24N4S. The molecule has 0 radical (unpaired) electrons. The fourth-order valence-corrected chi connectivity index (χ4v) is 4.22. The van der Waals surface area contributed by atoms with E-state index in [-0.39, 0.29) is 0 Å². The second-order valence-corrected chi connectivity index (χ2v) is 6.86. The number of piperidine rings is 1. The van der Waals surface area contributed by atoms with Crippen molar-refractivity contribution < 1.29 is 0 Å². The van der Waals surface area contributed by atoms with Gasteiger partial charge in [0.25, 0.3) is 0 Å². The van der Waals surface area contributed by atoms with E-state index in [1.165, 1.54) is 38.5 Å². The second kappa shape index (κ2) is 5.87. The van der Waals surface area contributed by atoms with Crippen molar-refractivity contribution in [2.24, 2.45) is 11.7 Å². The highest BCUT2D eigenvalue weighted by Crippen LogP contribution is 2.38. The number of nitrogens with zero attached hydrogens (tertiary/aromatic N) is 3. The third-order valence-corrected chi connectivity index (χ3v) is 5.40. The van der Waals surface area contributed by atoms with Crippen molar-refractivity contribution in [2.75, 3.05) is 11.4 Å². The van der Waals surface area contributed by atoms with Crippen molar-refractivity contribution in [1.82, 2.24) is 10.2 Å². The van der Waals surface area contributed by atoms with Crippen molar-refractivity contribution in [1.29, 1.82) is 0 Å². The first-order valence-corrected chi connectivity index (χ1v) is 8.40. The number of fused-ring (bicyclic) bond motifs is 1. The van der Waals surface area contributed by atoms with Gasteiger partial charge in [0.05, 0.1) is 11.3 Å². The average Bonchev–Trinajstić information content (AvgIpc) is 2.49. The van der Waals surface area contributed by atoms with Gasteiger partial charge in [-0.3, -0.25) is 0 Å². The Bertz CT molecular complexity index is 555. The van der Waals surface area contributed by atoms with Gasteiger partial charge in [0.15, 0.2) is 5.82 Å². The first-order chi connectivity index (χ1) is 10.1. The molecule has 0 aromatic carbocycles. The second-order valence-electron chi connectivity index (χ2n) is 6.42. The molecule has 2 heterocycles. The summed E-state index contributed by atoms with van der Waals surface area (Å²) in [4.78, 5) is 2.89. The van der Waals surface area contributed by atoms with Gasteiger partial charge in [0.1, 0.15) is 4.99 Å². The average molecular weight is 304 g/mol. The quantitative estimate of drug-likeness (QED) is 0.851. The number of aryl methyl sites for hydroxylation is 1. The van der Waals surface area contributed by atoms with E-state index in [9.17, 15) is 0 Å².